The van der Waals surface area contributed by atoms with E-state index in [1.807, 2.05) is 19.1 Å². The predicted octanol–water partition coefficient (Wildman–Crippen LogP) is 1.97. The Morgan fingerprint density at radius 2 is 1.73 bits per heavy atom. The average Bonchev–Trinajstić information content (AvgIpc) is 2.27. The van der Waals surface area contributed by atoms with Crippen LogP contribution < -0.4 is 5.32 Å². The van der Waals surface area contributed by atoms with E-state index >= 15 is 0 Å². The molecule has 1 aromatic carbocycles. The zero-order valence-electron chi connectivity index (χ0n) is 9.55. The van der Waals surface area contributed by atoms with Crippen LogP contribution in [-0.4, -0.2) is 18.9 Å². The summed E-state index contributed by atoms with van der Waals surface area (Å²) >= 11 is 0. The highest BCUT2D eigenvalue weighted by Gasteiger charge is 2.02. The van der Waals surface area contributed by atoms with Gasteiger partial charge in [-0.2, -0.15) is 0 Å². The van der Waals surface area contributed by atoms with Gasteiger partial charge in [0.2, 0.25) is 0 Å². The number of benzene rings is 1. The molecule has 0 fully saturated rings. The van der Waals surface area contributed by atoms with E-state index in [1.165, 1.54) is 5.56 Å². The maximum absolute atomic E-state index is 11.5. The van der Waals surface area contributed by atoms with E-state index in [4.69, 9.17) is 0 Å². The van der Waals surface area contributed by atoms with Crippen molar-refractivity contribution in [2.24, 2.45) is 0 Å². The van der Waals surface area contributed by atoms with Crippen LogP contribution in [0, 0.1) is 0 Å². The SMILES string of the molecule is CCNCC(=O)Cc1ccc(CC)cc1. The molecule has 0 unspecified atom stereocenters. The predicted molar refractivity (Wildman–Crippen MR) is 63.1 cm³/mol. The second-order valence-electron chi connectivity index (χ2n) is 3.67. The van der Waals surface area contributed by atoms with E-state index in [2.05, 4.69) is 24.4 Å². The first-order valence-electron chi connectivity index (χ1n) is 5.56. The third-order valence-corrected chi connectivity index (χ3v) is 2.40. The van der Waals surface area contributed by atoms with Crippen molar-refractivity contribution >= 4 is 5.78 Å². The first kappa shape index (κ1) is 11.9. The summed E-state index contributed by atoms with van der Waals surface area (Å²) in [4.78, 5) is 11.5. The number of Topliss-reactive ketones (excluding diaryl/α,β-unsaturated/α-hetero) is 1. The van der Waals surface area contributed by atoms with Crippen LogP contribution in [0.15, 0.2) is 24.3 Å². The quantitative estimate of drug-likeness (QED) is 0.769. The lowest BCUT2D eigenvalue weighted by Gasteiger charge is -2.03. The summed E-state index contributed by atoms with van der Waals surface area (Å²) in [5, 5.41) is 3.04. The van der Waals surface area contributed by atoms with Gasteiger partial charge in [-0.25, -0.2) is 0 Å². The smallest absolute Gasteiger partial charge is 0.150 e. The standard InChI is InChI=1S/C13H19NO/c1-3-11-5-7-12(8-6-11)9-13(15)10-14-4-2/h5-8,14H,3-4,9-10H2,1-2H3. The summed E-state index contributed by atoms with van der Waals surface area (Å²) in [6.45, 7) is 5.46. The molecule has 0 radical (unpaired) electrons. The zero-order chi connectivity index (χ0) is 11.1. The van der Waals surface area contributed by atoms with Gasteiger partial charge in [0.05, 0.1) is 6.54 Å². The molecule has 0 aliphatic carbocycles. The molecule has 0 amide bonds. The van der Waals surface area contributed by atoms with Crippen LogP contribution in [0.3, 0.4) is 0 Å². The largest absolute Gasteiger partial charge is 0.310 e. The number of hydrogen-bond donors (Lipinski definition) is 1. The van der Waals surface area contributed by atoms with Crippen molar-refractivity contribution in [1.29, 1.82) is 0 Å². The number of aryl methyl sites for hydroxylation is 1. The maximum Gasteiger partial charge on any atom is 0.150 e. The molecular weight excluding hydrogens is 186 g/mol. The molecule has 2 heteroatoms. The fourth-order valence-corrected chi connectivity index (χ4v) is 1.45. The number of likely N-dealkylation sites (N-methyl/N-ethyl adjacent to an activating group) is 1. The lowest BCUT2D eigenvalue weighted by Crippen LogP contribution is -2.23. The zero-order valence-corrected chi connectivity index (χ0v) is 9.55. The van der Waals surface area contributed by atoms with E-state index in [0.717, 1.165) is 18.5 Å². The summed E-state index contributed by atoms with van der Waals surface area (Å²) in [7, 11) is 0. The summed E-state index contributed by atoms with van der Waals surface area (Å²) in [5.41, 5.74) is 2.42. The maximum atomic E-state index is 11.5. The second-order valence-corrected chi connectivity index (χ2v) is 3.67. The molecule has 1 aromatic rings. The Kier molecular flexibility index (Phi) is 5.05. The number of rotatable bonds is 6. The number of carbonyl (C=O) groups excluding carboxylic acids is 1. The highest BCUT2D eigenvalue weighted by Crippen LogP contribution is 2.05. The minimum atomic E-state index is 0.251. The molecule has 0 atom stereocenters. The first-order chi connectivity index (χ1) is 7.26. The van der Waals surface area contributed by atoms with E-state index in [0.29, 0.717) is 13.0 Å². The van der Waals surface area contributed by atoms with Crippen LogP contribution in [0.4, 0.5) is 0 Å². The van der Waals surface area contributed by atoms with Crippen molar-refractivity contribution < 1.29 is 4.79 Å². The van der Waals surface area contributed by atoms with Crippen molar-refractivity contribution in [3.05, 3.63) is 35.4 Å². The Balaban J connectivity index is 2.46. The van der Waals surface area contributed by atoms with Gasteiger partial charge >= 0.3 is 0 Å². The Labute approximate surface area is 91.7 Å². The van der Waals surface area contributed by atoms with Gasteiger partial charge in [-0.1, -0.05) is 38.1 Å². The fraction of sp³-hybridized carbons (Fsp3) is 0.462. The molecule has 2 nitrogen and oxygen atoms in total. The average molecular weight is 205 g/mol. The van der Waals surface area contributed by atoms with Crippen molar-refractivity contribution in [3.8, 4) is 0 Å². The molecule has 0 aliphatic rings. The fourth-order valence-electron chi connectivity index (χ4n) is 1.45. The van der Waals surface area contributed by atoms with Crippen LogP contribution in [0.1, 0.15) is 25.0 Å². The van der Waals surface area contributed by atoms with Crippen LogP contribution >= 0.6 is 0 Å². The van der Waals surface area contributed by atoms with Crippen molar-refractivity contribution in [1.82, 2.24) is 5.32 Å². The molecule has 0 saturated carbocycles. The third kappa shape index (κ3) is 4.26. The van der Waals surface area contributed by atoms with Crippen LogP contribution in [0.5, 0.6) is 0 Å². The number of carbonyl (C=O) groups is 1. The Morgan fingerprint density at radius 1 is 1.13 bits per heavy atom. The highest BCUT2D eigenvalue weighted by atomic mass is 16.1. The van der Waals surface area contributed by atoms with E-state index in [1.54, 1.807) is 0 Å². The van der Waals surface area contributed by atoms with E-state index in [9.17, 15) is 4.79 Å². The van der Waals surface area contributed by atoms with Gasteiger partial charge in [0.25, 0.3) is 0 Å². The molecular formula is C13H19NO. The van der Waals surface area contributed by atoms with Gasteiger partial charge < -0.3 is 5.32 Å². The molecule has 1 N–H and O–H groups in total. The van der Waals surface area contributed by atoms with Gasteiger partial charge in [0.1, 0.15) is 0 Å². The van der Waals surface area contributed by atoms with Gasteiger partial charge in [0.15, 0.2) is 5.78 Å². The molecule has 0 spiro atoms. The lowest BCUT2D eigenvalue weighted by atomic mass is 10.1. The molecule has 0 bridgehead atoms. The van der Waals surface area contributed by atoms with Gasteiger partial charge in [-0.3, -0.25) is 4.79 Å². The summed E-state index contributed by atoms with van der Waals surface area (Å²) < 4.78 is 0. The van der Waals surface area contributed by atoms with Crippen molar-refractivity contribution in [2.45, 2.75) is 26.7 Å². The normalized spacial score (nSPS) is 10.3. The van der Waals surface area contributed by atoms with Crippen molar-refractivity contribution in [3.63, 3.8) is 0 Å². The molecule has 82 valence electrons. The summed E-state index contributed by atoms with van der Waals surface area (Å²) in [6, 6.07) is 8.27. The van der Waals surface area contributed by atoms with Crippen LogP contribution in [0.2, 0.25) is 0 Å². The number of ketones is 1. The Bertz CT molecular complexity index is 303. The summed E-state index contributed by atoms with van der Waals surface area (Å²) in [5.74, 6) is 0.251. The van der Waals surface area contributed by atoms with E-state index in [-0.39, 0.29) is 5.78 Å². The first-order valence-corrected chi connectivity index (χ1v) is 5.56. The van der Waals surface area contributed by atoms with Gasteiger partial charge in [0, 0.05) is 6.42 Å². The minimum absolute atomic E-state index is 0.251. The summed E-state index contributed by atoms with van der Waals surface area (Å²) in [6.07, 6.45) is 1.59. The Morgan fingerprint density at radius 3 is 2.27 bits per heavy atom. The molecule has 0 aliphatic heterocycles. The van der Waals surface area contributed by atoms with Crippen LogP contribution in [-0.2, 0) is 17.6 Å². The number of hydrogen-bond acceptors (Lipinski definition) is 2. The van der Waals surface area contributed by atoms with Crippen LogP contribution in [0.25, 0.3) is 0 Å². The third-order valence-electron chi connectivity index (χ3n) is 2.40. The van der Waals surface area contributed by atoms with Crippen molar-refractivity contribution in [2.75, 3.05) is 13.1 Å². The topological polar surface area (TPSA) is 29.1 Å². The second kappa shape index (κ2) is 6.36. The highest BCUT2D eigenvalue weighted by molar-refractivity contribution is 5.82. The molecule has 1 rings (SSSR count). The molecule has 0 aromatic heterocycles. The number of nitrogens with one attached hydrogen (secondary N) is 1. The molecule has 15 heavy (non-hydrogen) atoms. The Hall–Kier alpha value is -1.15. The van der Waals surface area contributed by atoms with Gasteiger partial charge in [-0.05, 0) is 24.1 Å². The molecule has 0 saturated heterocycles. The minimum Gasteiger partial charge on any atom is -0.310 e. The molecule has 0 heterocycles. The monoisotopic (exact) mass is 205 g/mol. The van der Waals surface area contributed by atoms with E-state index < -0.39 is 0 Å². The lowest BCUT2D eigenvalue weighted by molar-refractivity contribution is -0.117. The van der Waals surface area contributed by atoms with Gasteiger partial charge in [-0.15, -0.1) is 0 Å².